The maximum atomic E-state index is 6.05. The molecule has 1 saturated carbocycles. The molecular formula is C19H23ClN4OS. The number of nitrogens with zero attached hydrogens (tertiary/aromatic N) is 2. The fourth-order valence-corrected chi connectivity index (χ4v) is 3.81. The van der Waals surface area contributed by atoms with Gasteiger partial charge in [0.2, 0.25) is 11.8 Å². The van der Waals surface area contributed by atoms with Crippen LogP contribution in [0.25, 0.3) is 0 Å². The van der Waals surface area contributed by atoms with Gasteiger partial charge >= 0.3 is 0 Å². The molecule has 7 heteroatoms. The second-order valence-electron chi connectivity index (χ2n) is 6.68. The number of benzene rings is 1. The van der Waals surface area contributed by atoms with Gasteiger partial charge in [-0.05, 0) is 49.7 Å². The molecule has 26 heavy (non-hydrogen) atoms. The number of hydrogen-bond donors (Lipinski definition) is 2. The Hall–Kier alpha value is -1.92. The summed E-state index contributed by atoms with van der Waals surface area (Å²) >= 11 is 11.5. The smallest absolute Gasteiger partial charge is 0.232 e. The number of aryl methyl sites for hydroxylation is 1. The first-order chi connectivity index (χ1) is 12.5. The predicted molar refractivity (Wildman–Crippen MR) is 109 cm³/mol. The van der Waals surface area contributed by atoms with E-state index in [-0.39, 0.29) is 5.41 Å². The molecule has 1 aliphatic carbocycles. The number of nitrogens with one attached hydrogen (secondary N) is 2. The van der Waals surface area contributed by atoms with E-state index in [1.165, 1.54) is 18.4 Å². The molecule has 0 amide bonds. The van der Waals surface area contributed by atoms with Gasteiger partial charge in [-0.1, -0.05) is 36.6 Å². The van der Waals surface area contributed by atoms with Gasteiger partial charge in [0, 0.05) is 28.7 Å². The molecule has 1 heterocycles. The third-order valence-corrected chi connectivity index (χ3v) is 5.37. The van der Waals surface area contributed by atoms with Crippen molar-refractivity contribution in [1.82, 2.24) is 15.3 Å². The molecule has 2 aromatic rings. The zero-order valence-electron chi connectivity index (χ0n) is 15.0. The van der Waals surface area contributed by atoms with Crippen molar-refractivity contribution in [1.29, 1.82) is 0 Å². The molecule has 1 fully saturated rings. The van der Waals surface area contributed by atoms with Gasteiger partial charge in [-0.15, -0.1) is 0 Å². The number of aromatic nitrogens is 2. The Morgan fingerprint density at radius 1 is 1.23 bits per heavy atom. The Balaban J connectivity index is 1.67. The van der Waals surface area contributed by atoms with E-state index < -0.39 is 0 Å². The molecule has 1 aromatic heterocycles. The lowest BCUT2D eigenvalue weighted by atomic mass is 9.79. The van der Waals surface area contributed by atoms with E-state index in [1.54, 1.807) is 13.2 Å². The molecular weight excluding hydrogens is 368 g/mol. The molecule has 0 unspecified atom stereocenters. The van der Waals surface area contributed by atoms with E-state index in [9.17, 15) is 0 Å². The SMILES string of the molecule is COc1cc(C)nc(NC(=S)NCC2(c3ccc(Cl)cc3)CCCC2)n1. The van der Waals surface area contributed by atoms with Crippen LogP contribution in [-0.4, -0.2) is 28.7 Å². The van der Waals surface area contributed by atoms with Gasteiger partial charge in [0.25, 0.3) is 0 Å². The minimum atomic E-state index is 0.0848. The second kappa shape index (κ2) is 8.18. The molecule has 3 rings (SSSR count). The molecule has 0 saturated heterocycles. The van der Waals surface area contributed by atoms with Crippen LogP contribution < -0.4 is 15.4 Å². The summed E-state index contributed by atoms with van der Waals surface area (Å²) in [4.78, 5) is 8.61. The van der Waals surface area contributed by atoms with Crippen molar-refractivity contribution in [3.8, 4) is 5.88 Å². The van der Waals surface area contributed by atoms with Crippen LogP contribution in [0.3, 0.4) is 0 Å². The summed E-state index contributed by atoms with van der Waals surface area (Å²) in [6, 6.07) is 9.94. The number of hydrogen-bond acceptors (Lipinski definition) is 4. The van der Waals surface area contributed by atoms with Crippen LogP contribution in [0.2, 0.25) is 5.02 Å². The Morgan fingerprint density at radius 3 is 2.58 bits per heavy atom. The summed E-state index contributed by atoms with van der Waals surface area (Å²) in [5, 5.41) is 7.68. The van der Waals surface area contributed by atoms with Crippen LogP contribution in [0.15, 0.2) is 30.3 Å². The van der Waals surface area contributed by atoms with E-state index in [0.717, 1.165) is 30.1 Å². The Kier molecular flexibility index (Phi) is 5.94. The minimum Gasteiger partial charge on any atom is -0.481 e. The average Bonchev–Trinajstić information content (AvgIpc) is 3.10. The van der Waals surface area contributed by atoms with Crippen molar-refractivity contribution in [3.63, 3.8) is 0 Å². The normalized spacial score (nSPS) is 15.5. The van der Waals surface area contributed by atoms with Gasteiger partial charge in [0.05, 0.1) is 7.11 Å². The molecule has 0 radical (unpaired) electrons. The third-order valence-electron chi connectivity index (χ3n) is 4.87. The molecule has 138 valence electrons. The van der Waals surface area contributed by atoms with E-state index in [1.807, 2.05) is 19.1 Å². The highest BCUT2D eigenvalue weighted by Crippen LogP contribution is 2.40. The van der Waals surface area contributed by atoms with Crippen LogP contribution in [0.5, 0.6) is 5.88 Å². The van der Waals surface area contributed by atoms with Crippen LogP contribution >= 0.6 is 23.8 Å². The van der Waals surface area contributed by atoms with Crippen molar-refractivity contribution >= 4 is 34.9 Å². The van der Waals surface area contributed by atoms with Crippen molar-refractivity contribution in [2.75, 3.05) is 19.0 Å². The molecule has 5 nitrogen and oxygen atoms in total. The molecule has 2 N–H and O–H groups in total. The summed E-state index contributed by atoms with van der Waals surface area (Å²) in [5.41, 5.74) is 2.21. The first-order valence-electron chi connectivity index (χ1n) is 8.71. The monoisotopic (exact) mass is 390 g/mol. The highest BCUT2D eigenvalue weighted by Gasteiger charge is 2.35. The highest BCUT2D eigenvalue weighted by molar-refractivity contribution is 7.80. The fourth-order valence-electron chi connectivity index (χ4n) is 3.52. The summed E-state index contributed by atoms with van der Waals surface area (Å²) in [6.45, 7) is 2.66. The first-order valence-corrected chi connectivity index (χ1v) is 9.50. The third kappa shape index (κ3) is 4.43. The van der Waals surface area contributed by atoms with Crippen molar-refractivity contribution in [3.05, 3.63) is 46.6 Å². The maximum Gasteiger partial charge on any atom is 0.232 e. The number of rotatable bonds is 5. The van der Waals surface area contributed by atoms with Crippen LogP contribution in [0.1, 0.15) is 36.9 Å². The standard InChI is InChI=1S/C19H23ClN4OS/c1-13-11-16(25-2)23-17(22-13)24-18(26)21-12-19(9-3-4-10-19)14-5-7-15(20)8-6-14/h5-8,11H,3-4,9-10,12H2,1-2H3,(H2,21,22,23,24,26). The summed E-state index contributed by atoms with van der Waals surface area (Å²) in [5.74, 6) is 0.947. The van der Waals surface area contributed by atoms with E-state index >= 15 is 0 Å². The van der Waals surface area contributed by atoms with Crippen molar-refractivity contribution < 1.29 is 4.74 Å². The first kappa shape index (κ1) is 18.9. The summed E-state index contributed by atoms with van der Waals surface area (Å²) < 4.78 is 5.18. The van der Waals surface area contributed by atoms with Gasteiger partial charge in [0.15, 0.2) is 5.11 Å². The Bertz CT molecular complexity index is 776. The van der Waals surface area contributed by atoms with Gasteiger partial charge in [0.1, 0.15) is 0 Å². The minimum absolute atomic E-state index is 0.0848. The fraction of sp³-hybridized carbons (Fsp3) is 0.421. The number of halogens is 1. The second-order valence-corrected chi connectivity index (χ2v) is 7.52. The van der Waals surface area contributed by atoms with Gasteiger partial charge in [-0.25, -0.2) is 4.98 Å². The maximum absolute atomic E-state index is 6.05. The quantitative estimate of drug-likeness (QED) is 0.744. The lowest BCUT2D eigenvalue weighted by molar-refractivity contribution is 0.397. The largest absolute Gasteiger partial charge is 0.481 e. The van der Waals surface area contributed by atoms with E-state index in [2.05, 4.69) is 32.7 Å². The molecule has 1 aliphatic rings. The van der Waals surface area contributed by atoms with Gasteiger partial charge < -0.3 is 15.4 Å². The molecule has 0 atom stereocenters. The van der Waals surface area contributed by atoms with Gasteiger partial charge in [-0.2, -0.15) is 4.98 Å². The summed E-state index contributed by atoms with van der Waals surface area (Å²) in [7, 11) is 1.58. The van der Waals surface area contributed by atoms with E-state index in [0.29, 0.717) is 16.9 Å². The molecule has 1 aromatic carbocycles. The average molecular weight is 391 g/mol. The van der Waals surface area contributed by atoms with Crippen molar-refractivity contribution in [2.24, 2.45) is 0 Å². The number of ether oxygens (including phenoxy) is 1. The predicted octanol–water partition coefficient (Wildman–Crippen LogP) is 4.25. The lowest BCUT2D eigenvalue weighted by Crippen LogP contribution is -2.41. The number of methoxy groups -OCH3 is 1. The zero-order valence-corrected chi connectivity index (χ0v) is 16.6. The van der Waals surface area contributed by atoms with E-state index in [4.69, 9.17) is 28.6 Å². The molecule has 0 spiro atoms. The van der Waals surface area contributed by atoms with Crippen molar-refractivity contribution in [2.45, 2.75) is 38.0 Å². The van der Waals surface area contributed by atoms with Gasteiger partial charge in [-0.3, -0.25) is 0 Å². The van der Waals surface area contributed by atoms with Crippen LogP contribution in [-0.2, 0) is 5.41 Å². The number of thiocarbonyl (C=S) groups is 1. The zero-order chi connectivity index (χ0) is 18.6. The molecule has 0 bridgehead atoms. The van der Waals surface area contributed by atoms with Crippen LogP contribution in [0, 0.1) is 6.92 Å². The lowest BCUT2D eigenvalue weighted by Gasteiger charge is -2.30. The topological polar surface area (TPSA) is 59.1 Å². The Morgan fingerprint density at radius 2 is 1.92 bits per heavy atom. The highest BCUT2D eigenvalue weighted by atomic mass is 35.5. The molecule has 0 aliphatic heterocycles. The Labute approximate surface area is 164 Å². The summed E-state index contributed by atoms with van der Waals surface area (Å²) in [6.07, 6.45) is 4.73. The number of anilines is 1. The van der Waals surface area contributed by atoms with Crippen LogP contribution in [0.4, 0.5) is 5.95 Å².